The van der Waals surface area contributed by atoms with Gasteiger partial charge in [0.25, 0.3) is 0 Å². The summed E-state index contributed by atoms with van der Waals surface area (Å²) in [6.07, 6.45) is 28.7. The Morgan fingerprint density at radius 2 is 1.08 bits per heavy atom. The van der Waals surface area contributed by atoms with Crippen LogP contribution in [0.15, 0.2) is 24.3 Å². The van der Waals surface area contributed by atoms with E-state index in [4.69, 9.17) is 5.11 Å². The number of hydrogen-bond acceptors (Lipinski definition) is 2. The molecule has 2 heteroatoms. The summed E-state index contributed by atoms with van der Waals surface area (Å²) in [5, 5.41) is 8.59. The number of carbonyl (C=O) groups excluding carboxylic acids is 1. The van der Waals surface area contributed by atoms with Crippen molar-refractivity contribution in [2.24, 2.45) is 0 Å². The number of aliphatic hydroxyl groups is 1. The van der Waals surface area contributed by atoms with Gasteiger partial charge in [-0.2, -0.15) is 0 Å². The number of carbonyl (C=O) groups is 1. The average Bonchev–Trinajstić information content (AvgIpc) is 2.64. The SMILES string of the molecule is CCCCCCCCCCCCCCCCCC(=O)C/C=C/C=C/CO. The molecule has 0 aromatic heterocycles. The summed E-state index contributed by atoms with van der Waals surface area (Å²) in [5.74, 6) is 0.327. The maximum Gasteiger partial charge on any atom is 0.136 e. The maximum atomic E-state index is 11.7. The van der Waals surface area contributed by atoms with Crippen molar-refractivity contribution < 1.29 is 9.90 Å². The smallest absolute Gasteiger partial charge is 0.136 e. The molecule has 0 atom stereocenters. The molecule has 0 aromatic carbocycles. The largest absolute Gasteiger partial charge is 0.392 e. The van der Waals surface area contributed by atoms with Crippen molar-refractivity contribution in [3.63, 3.8) is 0 Å². The number of unbranched alkanes of at least 4 members (excludes halogenated alkanes) is 14. The van der Waals surface area contributed by atoms with E-state index in [-0.39, 0.29) is 6.61 Å². The molecule has 0 heterocycles. The molecule has 0 spiro atoms. The fourth-order valence-electron chi connectivity index (χ4n) is 3.21. The number of rotatable bonds is 20. The van der Waals surface area contributed by atoms with Gasteiger partial charge >= 0.3 is 0 Å². The first-order valence-corrected chi connectivity index (χ1v) is 11.3. The number of aliphatic hydroxyl groups excluding tert-OH is 1. The molecular weight excluding hydrogens is 320 g/mol. The van der Waals surface area contributed by atoms with Gasteiger partial charge in [-0.3, -0.25) is 4.79 Å². The molecule has 1 N–H and O–H groups in total. The highest BCUT2D eigenvalue weighted by atomic mass is 16.2. The molecule has 0 aliphatic carbocycles. The number of Topliss-reactive ketones (excluding diaryl/α,β-unsaturated/α-hetero) is 1. The summed E-state index contributed by atoms with van der Waals surface area (Å²) in [4.78, 5) is 11.7. The van der Waals surface area contributed by atoms with Gasteiger partial charge in [-0.15, -0.1) is 0 Å². The van der Waals surface area contributed by atoms with Crippen LogP contribution in [0.1, 0.15) is 116 Å². The molecule has 2 nitrogen and oxygen atoms in total. The van der Waals surface area contributed by atoms with E-state index in [0.717, 1.165) is 6.42 Å². The summed E-state index contributed by atoms with van der Waals surface area (Å²) in [6, 6.07) is 0. The van der Waals surface area contributed by atoms with E-state index in [2.05, 4.69) is 6.92 Å². The second-order valence-electron chi connectivity index (χ2n) is 7.48. The van der Waals surface area contributed by atoms with Crippen molar-refractivity contribution >= 4 is 5.78 Å². The van der Waals surface area contributed by atoms with Gasteiger partial charge in [-0.1, -0.05) is 121 Å². The molecule has 0 aliphatic heterocycles. The minimum Gasteiger partial charge on any atom is -0.392 e. The zero-order valence-corrected chi connectivity index (χ0v) is 17.4. The van der Waals surface area contributed by atoms with E-state index in [0.29, 0.717) is 18.6 Å². The summed E-state index contributed by atoms with van der Waals surface area (Å²) < 4.78 is 0. The minimum atomic E-state index is 0.0530. The van der Waals surface area contributed by atoms with Crippen LogP contribution in [-0.2, 0) is 4.79 Å². The first-order chi connectivity index (χ1) is 12.8. The Morgan fingerprint density at radius 3 is 1.54 bits per heavy atom. The van der Waals surface area contributed by atoms with Crippen LogP contribution in [-0.4, -0.2) is 17.5 Å². The van der Waals surface area contributed by atoms with Crippen molar-refractivity contribution in [2.75, 3.05) is 6.61 Å². The highest BCUT2D eigenvalue weighted by molar-refractivity contribution is 5.79. The highest BCUT2D eigenvalue weighted by Crippen LogP contribution is 2.13. The van der Waals surface area contributed by atoms with E-state index in [1.165, 1.54) is 89.9 Å². The lowest BCUT2D eigenvalue weighted by atomic mass is 10.0. The van der Waals surface area contributed by atoms with Gasteiger partial charge in [0.2, 0.25) is 0 Å². The molecule has 152 valence electrons. The molecule has 0 saturated carbocycles. The number of ketones is 1. The summed E-state index contributed by atoms with van der Waals surface area (Å²) in [5.41, 5.74) is 0. The summed E-state index contributed by atoms with van der Waals surface area (Å²) in [6.45, 7) is 2.33. The van der Waals surface area contributed by atoms with Crippen LogP contribution in [0, 0.1) is 0 Å². The van der Waals surface area contributed by atoms with Gasteiger partial charge in [0, 0.05) is 12.8 Å². The number of allylic oxidation sites excluding steroid dienone is 3. The van der Waals surface area contributed by atoms with Crippen LogP contribution in [0.5, 0.6) is 0 Å². The van der Waals surface area contributed by atoms with Crippen LogP contribution >= 0.6 is 0 Å². The summed E-state index contributed by atoms with van der Waals surface area (Å²) >= 11 is 0. The van der Waals surface area contributed by atoms with Crippen LogP contribution in [0.3, 0.4) is 0 Å². The van der Waals surface area contributed by atoms with Gasteiger partial charge in [0.05, 0.1) is 6.61 Å². The van der Waals surface area contributed by atoms with Crippen molar-refractivity contribution in [1.82, 2.24) is 0 Å². The lowest BCUT2D eigenvalue weighted by Crippen LogP contribution is -1.95. The van der Waals surface area contributed by atoms with Gasteiger partial charge in [0.1, 0.15) is 5.78 Å². The second-order valence-corrected chi connectivity index (χ2v) is 7.48. The van der Waals surface area contributed by atoms with E-state index >= 15 is 0 Å². The predicted molar refractivity (Wildman–Crippen MR) is 115 cm³/mol. The van der Waals surface area contributed by atoms with Crippen LogP contribution < -0.4 is 0 Å². The quantitative estimate of drug-likeness (QED) is 0.182. The second kappa shape index (κ2) is 22.2. The van der Waals surface area contributed by atoms with E-state index in [1.807, 2.05) is 12.2 Å². The molecule has 0 aliphatic rings. The molecule has 0 radical (unpaired) electrons. The molecule has 0 bridgehead atoms. The van der Waals surface area contributed by atoms with Crippen LogP contribution in [0.4, 0.5) is 0 Å². The molecule has 0 rings (SSSR count). The topological polar surface area (TPSA) is 37.3 Å². The lowest BCUT2D eigenvalue weighted by molar-refractivity contribution is -0.118. The molecule has 0 unspecified atom stereocenters. The minimum absolute atomic E-state index is 0.0530. The normalized spacial score (nSPS) is 11.8. The fourth-order valence-corrected chi connectivity index (χ4v) is 3.21. The third-order valence-electron chi connectivity index (χ3n) is 4.89. The van der Waals surface area contributed by atoms with Gasteiger partial charge < -0.3 is 5.11 Å². The Balaban J connectivity index is 3.18. The van der Waals surface area contributed by atoms with Gasteiger partial charge in [-0.25, -0.2) is 0 Å². The summed E-state index contributed by atoms with van der Waals surface area (Å²) in [7, 11) is 0. The van der Waals surface area contributed by atoms with Crippen LogP contribution in [0.2, 0.25) is 0 Å². The zero-order valence-electron chi connectivity index (χ0n) is 17.4. The van der Waals surface area contributed by atoms with Crippen molar-refractivity contribution in [2.45, 2.75) is 116 Å². The van der Waals surface area contributed by atoms with Crippen molar-refractivity contribution in [3.05, 3.63) is 24.3 Å². The Labute approximate surface area is 163 Å². The Hall–Kier alpha value is -0.890. The highest BCUT2D eigenvalue weighted by Gasteiger charge is 1.99. The van der Waals surface area contributed by atoms with E-state index in [1.54, 1.807) is 12.2 Å². The Morgan fingerprint density at radius 1 is 0.654 bits per heavy atom. The lowest BCUT2D eigenvalue weighted by Gasteiger charge is -2.03. The van der Waals surface area contributed by atoms with Gasteiger partial charge in [-0.05, 0) is 6.42 Å². The first kappa shape index (κ1) is 25.1. The Kier molecular flexibility index (Phi) is 21.4. The maximum absolute atomic E-state index is 11.7. The third kappa shape index (κ3) is 21.2. The molecule has 0 aromatic rings. The molecule has 0 saturated heterocycles. The molecule has 0 amide bonds. The van der Waals surface area contributed by atoms with Crippen molar-refractivity contribution in [1.29, 1.82) is 0 Å². The Bertz CT molecular complexity index is 344. The van der Waals surface area contributed by atoms with Crippen LogP contribution in [0.25, 0.3) is 0 Å². The van der Waals surface area contributed by atoms with E-state index in [9.17, 15) is 4.79 Å². The molecular formula is C24H44O2. The third-order valence-corrected chi connectivity index (χ3v) is 4.89. The first-order valence-electron chi connectivity index (χ1n) is 11.3. The van der Waals surface area contributed by atoms with Crippen molar-refractivity contribution in [3.8, 4) is 0 Å². The fraction of sp³-hybridized carbons (Fsp3) is 0.792. The van der Waals surface area contributed by atoms with E-state index < -0.39 is 0 Å². The molecule has 26 heavy (non-hydrogen) atoms. The average molecular weight is 365 g/mol. The standard InChI is InChI=1S/C24H44O2/c1-2-3-4-5-6-7-8-9-10-11-12-13-14-15-18-21-24(26)22-19-16-17-20-23-25/h16-17,19-20,25H,2-15,18,21-23H2,1H3/b19-16+,20-17+. The predicted octanol–water partition coefficient (Wildman–Crippen LogP) is 7.31. The van der Waals surface area contributed by atoms with Gasteiger partial charge in [0.15, 0.2) is 0 Å². The zero-order chi connectivity index (χ0) is 19.1. The molecule has 0 fully saturated rings. The number of hydrogen-bond donors (Lipinski definition) is 1. The monoisotopic (exact) mass is 364 g/mol.